The molecule has 2 aromatic heterocycles. The Morgan fingerprint density at radius 2 is 1.88 bits per heavy atom. The SMILES string of the molecule is CCOC(=O)C/C(C)=N\Nc1nc2c(c(=O)n(C)c(=O)n2C)n1CCCc1ccccc1. The molecule has 0 saturated heterocycles. The van der Waals surface area contributed by atoms with Crippen molar-refractivity contribution >= 4 is 28.8 Å². The Hall–Kier alpha value is -3.69. The molecule has 1 N–H and O–H groups in total. The molecule has 10 heteroatoms. The van der Waals surface area contributed by atoms with Crippen molar-refractivity contribution in [2.45, 2.75) is 39.7 Å². The number of nitrogens with one attached hydrogen (secondary N) is 1. The van der Waals surface area contributed by atoms with Crippen LogP contribution >= 0.6 is 0 Å². The molecular weight excluding hydrogens is 412 g/mol. The normalized spacial score (nSPS) is 11.7. The van der Waals surface area contributed by atoms with Crippen LogP contribution in [0.5, 0.6) is 0 Å². The summed E-state index contributed by atoms with van der Waals surface area (Å²) in [6, 6.07) is 10.0. The van der Waals surface area contributed by atoms with Gasteiger partial charge in [0.25, 0.3) is 5.56 Å². The zero-order valence-corrected chi connectivity index (χ0v) is 18.8. The summed E-state index contributed by atoms with van der Waals surface area (Å²) in [6.45, 7) is 4.23. The molecule has 0 atom stereocenters. The van der Waals surface area contributed by atoms with Crippen molar-refractivity contribution in [3.63, 3.8) is 0 Å². The van der Waals surface area contributed by atoms with Gasteiger partial charge in [0, 0.05) is 26.4 Å². The highest BCUT2D eigenvalue weighted by molar-refractivity contribution is 5.97. The Morgan fingerprint density at radius 1 is 1.16 bits per heavy atom. The highest BCUT2D eigenvalue weighted by atomic mass is 16.5. The number of aromatic nitrogens is 4. The molecule has 0 spiro atoms. The number of esters is 1. The van der Waals surface area contributed by atoms with Crippen LogP contribution in [-0.2, 0) is 36.6 Å². The number of hydrazone groups is 1. The number of fused-ring (bicyclic) bond motifs is 1. The van der Waals surface area contributed by atoms with Gasteiger partial charge in [0.1, 0.15) is 0 Å². The lowest BCUT2D eigenvalue weighted by atomic mass is 10.1. The Morgan fingerprint density at radius 3 is 2.56 bits per heavy atom. The third-order valence-electron chi connectivity index (χ3n) is 5.09. The first-order valence-corrected chi connectivity index (χ1v) is 10.5. The van der Waals surface area contributed by atoms with Gasteiger partial charge in [0.05, 0.1) is 13.0 Å². The molecule has 3 aromatic rings. The minimum Gasteiger partial charge on any atom is -0.466 e. The summed E-state index contributed by atoms with van der Waals surface area (Å²) in [7, 11) is 3.02. The van der Waals surface area contributed by atoms with Crippen LogP contribution in [0.2, 0.25) is 0 Å². The second-order valence-electron chi connectivity index (χ2n) is 7.49. The van der Waals surface area contributed by atoms with Crippen LogP contribution in [0.1, 0.15) is 32.3 Å². The van der Waals surface area contributed by atoms with Crippen molar-refractivity contribution in [1.82, 2.24) is 18.7 Å². The van der Waals surface area contributed by atoms with Crippen LogP contribution in [0.25, 0.3) is 11.2 Å². The average Bonchev–Trinajstić information content (AvgIpc) is 3.14. The second kappa shape index (κ2) is 10.1. The Balaban J connectivity index is 1.95. The van der Waals surface area contributed by atoms with E-state index in [0.29, 0.717) is 30.3 Å². The average molecular weight is 441 g/mol. The van der Waals surface area contributed by atoms with E-state index in [4.69, 9.17) is 4.74 Å². The summed E-state index contributed by atoms with van der Waals surface area (Å²) in [5.41, 5.74) is 4.28. The monoisotopic (exact) mass is 440 g/mol. The Labute approximate surface area is 185 Å². The molecule has 0 amide bonds. The molecule has 0 fully saturated rings. The van der Waals surface area contributed by atoms with Crippen molar-refractivity contribution in [3.05, 3.63) is 56.7 Å². The summed E-state index contributed by atoms with van der Waals surface area (Å²) < 4.78 is 9.08. The van der Waals surface area contributed by atoms with E-state index < -0.39 is 11.2 Å². The van der Waals surface area contributed by atoms with E-state index in [2.05, 4.69) is 27.6 Å². The maximum atomic E-state index is 12.9. The molecular formula is C22H28N6O4. The minimum absolute atomic E-state index is 0.0370. The standard InChI is InChI=1S/C22H28N6O4/c1-5-32-17(29)14-15(2)24-25-21-23-19-18(20(30)27(4)22(31)26(19)3)28(21)13-9-12-16-10-7-6-8-11-16/h6-8,10-11H,5,9,12-14H2,1-4H3,(H,23,25)/b24-15-. The highest BCUT2D eigenvalue weighted by Crippen LogP contribution is 2.17. The number of imidazole rings is 1. The maximum absolute atomic E-state index is 12.9. The molecule has 0 bridgehead atoms. The number of hydrogen-bond donors (Lipinski definition) is 1. The molecule has 0 unspecified atom stereocenters. The lowest BCUT2D eigenvalue weighted by molar-refractivity contribution is -0.141. The quantitative estimate of drug-likeness (QED) is 0.308. The van der Waals surface area contributed by atoms with Crippen molar-refractivity contribution in [2.24, 2.45) is 19.2 Å². The number of ether oxygens (including phenoxy) is 1. The smallest absolute Gasteiger partial charge is 0.332 e. The number of benzene rings is 1. The summed E-state index contributed by atoms with van der Waals surface area (Å²) in [5, 5.41) is 4.23. The van der Waals surface area contributed by atoms with Crippen LogP contribution < -0.4 is 16.7 Å². The number of hydrogen-bond acceptors (Lipinski definition) is 7. The summed E-state index contributed by atoms with van der Waals surface area (Å²) >= 11 is 0. The van der Waals surface area contributed by atoms with Gasteiger partial charge in [0.2, 0.25) is 5.95 Å². The molecule has 0 aliphatic rings. The second-order valence-corrected chi connectivity index (χ2v) is 7.49. The van der Waals surface area contributed by atoms with Crippen molar-refractivity contribution in [1.29, 1.82) is 0 Å². The van der Waals surface area contributed by atoms with Gasteiger partial charge in [-0.2, -0.15) is 10.1 Å². The van der Waals surface area contributed by atoms with Gasteiger partial charge in [-0.15, -0.1) is 0 Å². The van der Waals surface area contributed by atoms with Gasteiger partial charge in [0.15, 0.2) is 11.2 Å². The third kappa shape index (κ3) is 4.96. The van der Waals surface area contributed by atoms with Gasteiger partial charge in [-0.1, -0.05) is 30.3 Å². The van der Waals surface area contributed by atoms with E-state index in [1.807, 2.05) is 18.2 Å². The molecule has 10 nitrogen and oxygen atoms in total. The minimum atomic E-state index is -0.454. The van der Waals surface area contributed by atoms with E-state index in [9.17, 15) is 14.4 Å². The van der Waals surface area contributed by atoms with Crippen LogP contribution in [-0.4, -0.2) is 37.0 Å². The summed E-state index contributed by atoms with van der Waals surface area (Å²) in [4.78, 5) is 41.4. The van der Waals surface area contributed by atoms with Crippen LogP contribution in [0, 0.1) is 0 Å². The first-order valence-electron chi connectivity index (χ1n) is 10.5. The van der Waals surface area contributed by atoms with Gasteiger partial charge in [-0.05, 0) is 32.3 Å². The predicted octanol–water partition coefficient (Wildman–Crippen LogP) is 1.81. The van der Waals surface area contributed by atoms with E-state index in [1.165, 1.54) is 17.2 Å². The van der Waals surface area contributed by atoms with E-state index in [0.717, 1.165) is 17.4 Å². The number of nitrogens with zero attached hydrogens (tertiary/aromatic N) is 5. The Bertz CT molecular complexity index is 1250. The first-order chi connectivity index (χ1) is 15.3. The number of rotatable bonds is 9. The third-order valence-corrected chi connectivity index (χ3v) is 5.09. The molecule has 0 radical (unpaired) electrons. The molecule has 3 rings (SSSR count). The largest absolute Gasteiger partial charge is 0.466 e. The molecule has 0 aliphatic heterocycles. The lowest BCUT2D eigenvalue weighted by Gasteiger charge is -2.10. The molecule has 0 aliphatic carbocycles. The number of anilines is 1. The Kier molecular flexibility index (Phi) is 7.24. The maximum Gasteiger partial charge on any atom is 0.332 e. The molecule has 1 aromatic carbocycles. The molecule has 170 valence electrons. The molecule has 2 heterocycles. The molecule has 32 heavy (non-hydrogen) atoms. The number of carbonyl (C=O) groups is 1. The van der Waals surface area contributed by atoms with Crippen LogP contribution in [0.3, 0.4) is 0 Å². The van der Waals surface area contributed by atoms with E-state index in [1.54, 1.807) is 25.5 Å². The van der Waals surface area contributed by atoms with Gasteiger partial charge in [-0.3, -0.25) is 18.7 Å². The fraction of sp³-hybridized carbons (Fsp3) is 0.409. The predicted molar refractivity (Wildman–Crippen MR) is 123 cm³/mol. The summed E-state index contributed by atoms with van der Waals surface area (Å²) in [6.07, 6.45) is 1.61. The topological polar surface area (TPSA) is 113 Å². The van der Waals surface area contributed by atoms with Crippen molar-refractivity contribution in [3.8, 4) is 0 Å². The fourth-order valence-corrected chi connectivity index (χ4v) is 3.44. The number of aryl methyl sites for hydroxylation is 3. The van der Waals surface area contributed by atoms with Crippen molar-refractivity contribution in [2.75, 3.05) is 12.0 Å². The number of carbonyl (C=O) groups excluding carboxylic acids is 1. The molecule has 0 saturated carbocycles. The highest BCUT2D eigenvalue weighted by Gasteiger charge is 2.19. The van der Waals surface area contributed by atoms with Crippen LogP contribution in [0.4, 0.5) is 5.95 Å². The van der Waals surface area contributed by atoms with Crippen molar-refractivity contribution < 1.29 is 9.53 Å². The fourth-order valence-electron chi connectivity index (χ4n) is 3.44. The van der Waals surface area contributed by atoms with Gasteiger partial charge in [-0.25, -0.2) is 10.2 Å². The lowest BCUT2D eigenvalue weighted by Crippen LogP contribution is -2.37. The summed E-state index contributed by atoms with van der Waals surface area (Å²) in [5.74, 6) is -0.0437. The zero-order valence-electron chi connectivity index (χ0n) is 18.8. The van der Waals surface area contributed by atoms with Crippen LogP contribution in [0.15, 0.2) is 45.0 Å². The van der Waals surface area contributed by atoms with Gasteiger partial charge >= 0.3 is 11.7 Å². The van der Waals surface area contributed by atoms with Gasteiger partial charge < -0.3 is 9.30 Å². The first kappa shape index (κ1) is 23.0. The zero-order chi connectivity index (χ0) is 23.3. The van der Waals surface area contributed by atoms with E-state index in [-0.39, 0.29) is 18.0 Å². The van der Waals surface area contributed by atoms with E-state index >= 15 is 0 Å².